The first-order chi connectivity index (χ1) is 15.0. The predicted molar refractivity (Wildman–Crippen MR) is 141 cm³/mol. The minimum atomic E-state index is -0.813. The van der Waals surface area contributed by atoms with Gasteiger partial charge in [0.2, 0.25) is 0 Å². The first-order valence-corrected chi connectivity index (χ1v) is 12.5. The fourth-order valence-corrected chi connectivity index (χ4v) is 4.84. The van der Waals surface area contributed by atoms with Crippen LogP contribution in [0.3, 0.4) is 0 Å². The Morgan fingerprint density at radius 3 is 1.94 bits per heavy atom. The fourth-order valence-electron chi connectivity index (χ4n) is 4.04. The lowest BCUT2D eigenvalue weighted by Crippen LogP contribution is -2.40. The second kappa shape index (κ2) is 9.32. The van der Waals surface area contributed by atoms with Gasteiger partial charge in [0.25, 0.3) is 0 Å². The van der Waals surface area contributed by atoms with Crippen molar-refractivity contribution >= 4 is 53.4 Å². The third-order valence-corrected chi connectivity index (χ3v) is 7.15. The van der Waals surface area contributed by atoms with Crippen LogP contribution >= 0.6 is 47.8 Å². The van der Waals surface area contributed by atoms with Gasteiger partial charge in [-0.15, -0.1) is 6.58 Å². The number of para-hydroxylation sites is 1. The van der Waals surface area contributed by atoms with Gasteiger partial charge in [0.1, 0.15) is 5.75 Å². The Hall–Kier alpha value is -1.88. The summed E-state index contributed by atoms with van der Waals surface area (Å²) in [5.41, 5.74) is 4.62. The van der Waals surface area contributed by atoms with Crippen molar-refractivity contribution in [1.82, 2.24) is 0 Å². The number of rotatable bonds is 4. The molecule has 4 heteroatoms. The van der Waals surface area contributed by atoms with Crippen molar-refractivity contribution in [3.63, 3.8) is 0 Å². The number of hydrogen-bond donors (Lipinski definition) is 0. The summed E-state index contributed by atoms with van der Waals surface area (Å²) in [6, 6.07) is 25.0. The number of hydrogen-bond acceptors (Lipinski definition) is 1. The molecule has 1 unspecified atom stereocenters. The highest BCUT2D eigenvalue weighted by atomic mass is 79.9. The van der Waals surface area contributed by atoms with E-state index in [4.69, 9.17) is 4.74 Å². The lowest BCUT2D eigenvalue weighted by atomic mass is 9.73. The molecular weight excluding hydrogens is 580 g/mol. The molecule has 31 heavy (non-hydrogen) atoms. The van der Waals surface area contributed by atoms with E-state index < -0.39 is 5.60 Å². The quantitative estimate of drug-likeness (QED) is 0.215. The average Bonchev–Trinajstić information content (AvgIpc) is 2.79. The van der Waals surface area contributed by atoms with Gasteiger partial charge in [-0.1, -0.05) is 108 Å². The zero-order valence-corrected chi connectivity index (χ0v) is 21.7. The third kappa shape index (κ3) is 4.13. The number of fused-ring (bicyclic) bond motifs is 1. The van der Waals surface area contributed by atoms with Crippen LogP contribution in [0.15, 0.2) is 112 Å². The monoisotopic (exact) mass is 598 g/mol. The molecule has 1 atom stereocenters. The summed E-state index contributed by atoms with van der Waals surface area (Å²) in [5, 5.41) is 0. The number of ether oxygens (including phenoxy) is 1. The first kappa shape index (κ1) is 22.3. The van der Waals surface area contributed by atoms with Gasteiger partial charge in [0.05, 0.1) is 4.83 Å². The molecule has 1 aliphatic rings. The Morgan fingerprint density at radius 1 is 0.871 bits per heavy atom. The van der Waals surface area contributed by atoms with E-state index in [0.29, 0.717) is 0 Å². The Kier molecular flexibility index (Phi) is 6.71. The molecule has 0 aliphatic carbocycles. The van der Waals surface area contributed by atoms with Gasteiger partial charge in [-0.05, 0) is 42.8 Å². The van der Waals surface area contributed by atoms with Gasteiger partial charge in [-0.3, -0.25) is 0 Å². The highest BCUT2D eigenvalue weighted by molar-refractivity contribution is 9.10. The molecule has 3 aromatic carbocycles. The molecule has 0 spiro atoms. The van der Waals surface area contributed by atoms with Crippen LogP contribution in [-0.2, 0) is 5.60 Å². The molecule has 0 saturated carbocycles. The van der Waals surface area contributed by atoms with Crippen LogP contribution in [0.1, 0.15) is 23.6 Å². The number of allylic oxidation sites excluding steroid dienone is 3. The van der Waals surface area contributed by atoms with Gasteiger partial charge in [-0.25, -0.2) is 0 Å². The molecule has 0 N–H and O–H groups in total. The zero-order valence-electron chi connectivity index (χ0n) is 17.0. The van der Waals surface area contributed by atoms with Crippen molar-refractivity contribution < 1.29 is 4.74 Å². The summed E-state index contributed by atoms with van der Waals surface area (Å²) < 4.78 is 9.02. The standard InChI is InChI=1S/C27H21Br3O/c1-3-20(28)17-25-23(4-2)24-7-5-6-8-26(24)31-27(25,18-9-13-21(29)14-10-18)19-11-15-22(30)16-12-19/h3-17,20H,1H2,2H3/b23-4-,25-17+. The second-order valence-electron chi connectivity index (χ2n) is 7.26. The molecule has 3 aromatic rings. The lowest BCUT2D eigenvalue weighted by Gasteiger charge is -2.43. The maximum atomic E-state index is 6.97. The van der Waals surface area contributed by atoms with Crippen molar-refractivity contribution in [1.29, 1.82) is 0 Å². The van der Waals surface area contributed by atoms with Crippen LogP contribution in [-0.4, -0.2) is 4.83 Å². The number of alkyl halides is 1. The van der Waals surface area contributed by atoms with E-state index >= 15 is 0 Å². The fraction of sp³-hybridized carbons (Fsp3) is 0.111. The maximum Gasteiger partial charge on any atom is 0.184 e. The molecule has 0 saturated heterocycles. The van der Waals surface area contributed by atoms with Crippen LogP contribution in [0.25, 0.3) is 5.57 Å². The summed E-state index contributed by atoms with van der Waals surface area (Å²) in [5.74, 6) is 0.864. The van der Waals surface area contributed by atoms with Crippen LogP contribution < -0.4 is 4.74 Å². The summed E-state index contributed by atoms with van der Waals surface area (Å²) in [7, 11) is 0. The largest absolute Gasteiger partial charge is 0.472 e. The van der Waals surface area contributed by atoms with Gasteiger partial charge < -0.3 is 4.74 Å². The molecular formula is C27H21Br3O. The Morgan fingerprint density at radius 2 is 1.42 bits per heavy atom. The molecule has 0 aromatic heterocycles. The van der Waals surface area contributed by atoms with Crippen LogP contribution in [0.4, 0.5) is 0 Å². The predicted octanol–water partition coefficient (Wildman–Crippen LogP) is 8.83. The normalized spacial score (nSPS) is 18.3. The SMILES string of the molecule is C=CC(Br)/C=C1\C(=C/C)c2ccccc2OC1(c1ccc(Br)cc1)c1ccc(Br)cc1. The van der Waals surface area contributed by atoms with Crippen molar-refractivity contribution in [3.8, 4) is 5.75 Å². The number of halogens is 3. The Labute approximate surface area is 208 Å². The third-order valence-electron chi connectivity index (χ3n) is 5.45. The molecule has 1 nitrogen and oxygen atoms in total. The highest BCUT2D eigenvalue weighted by Gasteiger charge is 2.46. The summed E-state index contributed by atoms with van der Waals surface area (Å²) in [4.78, 5) is -0.00316. The lowest BCUT2D eigenvalue weighted by molar-refractivity contribution is 0.149. The minimum Gasteiger partial charge on any atom is -0.472 e. The van der Waals surface area contributed by atoms with Gasteiger partial charge >= 0.3 is 0 Å². The molecule has 4 rings (SSSR count). The zero-order chi connectivity index (χ0) is 22.0. The first-order valence-electron chi connectivity index (χ1n) is 9.95. The smallest absolute Gasteiger partial charge is 0.184 e. The van der Waals surface area contributed by atoms with Crippen LogP contribution in [0.5, 0.6) is 5.75 Å². The van der Waals surface area contributed by atoms with Crippen molar-refractivity contribution in [2.75, 3.05) is 0 Å². The van der Waals surface area contributed by atoms with Crippen LogP contribution in [0, 0.1) is 0 Å². The van der Waals surface area contributed by atoms with E-state index in [0.717, 1.165) is 42.5 Å². The van der Waals surface area contributed by atoms with E-state index in [9.17, 15) is 0 Å². The maximum absolute atomic E-state index is 6.97. The van der Waals surface area contributed by atoms with Gasteiger partial charge in [-0.2, -0.15) is 0 Å². The van der Waals surface area contributed by atoms with Crippen molar-refractivity contribution in [2.45, 2.75) is 17.4 Å². The highest BCUT2D eigenvalue weighted by Crippen LogP contribution is 2.53. The molecule has 0 fully saturated rings. The molecule has 156 valence electrons. The molecule has 0 radical (unpaired) electrons. The Bertz CT molecular complexity index is 1110. The van der Waals surface area contributed by atoms with Crippen LogP contribution in [0.2, 0.25) is 0 Å². The molecule has 0 bridgehead atoms. The summed E-state index contributed by atoms with van der Waals surface area (Å²) in [6.07, 6.45) is 6.25. The van der Waals surface area contributed by atoms with Crippen molar-refractivity contribution in [3.05, 3.63) is 129 Å². The van der Waals surface area contributed by atoms with Gasteiger partial charge in [0, 0.05) is 31.2 Å². The summed E-state index contributed by atoms with van der Waals surface area (Å²) >= 11 is 10.9. The van der Waals surface area contributed by atoms with E-state index in [2.05, 4.69) is 134 Å². The average molecular weight is 601 g/mol. The van der Waals surface area contributed by atoms with E-state index in [1.54, 1.807) is 0 Å². The second-order valence-corrected chi connectivity index (χ2v) is 10.1. The van der Waals surface area contributed by atoms with Gasteiger partial charge in [0.15, 0.2) is 5.60 Å². The molecule has 0 amide bonds. The summed E-state index contributed by atoms with van der Waals surface area (Å²) in [6.45, 7) is 6.05. The molecule has 1 heterocycles. The van der Waals surface area contributed by atoms with E-state index in [1.165, 1.54) is 0 Å². The number of benzene rings is 3. The Balaban J connectivity index is 2.12. The van der Waals surface area contributed by atoms with E-state index in [-0.39, 0.29) is 4.83 Å². The van der Waals surface area contributed by atoms with Crippen molar-refractivity contribution in [2.24, 2.45) is 0 Å². The minimum absolute atomic E-state index is 0.00316. The topological polar surface area (TPSA) is 9.23 Å². The van der Waals surface area contributed by atoms with E-state index in [1.807, 2.05) is 18.2 Å². The molecule has 1 aliphatic heterocycles.